The summed E-state index contributed by atoms with van der Waals surface area (Å²) in [6.07, 6.45) is -0.519. The van der Waals surface area contributed by atoms with Gasteiger partial charge in [-0.15, -0.1) is 0 Å². The number of benzene rings is 3. The molecule has 0 spiro atoms. The molecule has 3 aromatic carbocycles. The van der Waals surface area contributed by atoms with Gasteiger partial charge in [-0.05, 0) is 50.1 Å². The average Bonchev–Trinajstić information content (AvgIpc) is 2.77. The summed E-state index contributed by atoms with van der Waals surface area (Å²) < 4.78 is 19.4. The van der Waals surface area contributed by atoms with E-state index in [1.54, 1.807) is 0 Å². The normalized spacial score (nSPS) is 19.4. The second-order valence-corrected chi connectivity index (χ2v) is 8.64. The van der Waals surface area contributed by atoms with Crippen molar-refractivity contribution in [3.63, 3.8) is 0 Å². The van der Waals surface area contributed by atoms with Crippen LogP contribution in [-0.4, -0.2) is 18.8 Å². The second kappa shape index (κ2) is 9.13. The highest BCUT2D eigenvalue weighted by atomic mass is 16.6. The number of fused-ring (bicyclic) bond motifs is 1. The monoisotopic (exact) mass is 417 g/mol. The summed E-state index contributed by atoms with van der Waals surface area (Å²) in [4.78, 5) is 0. The van der Waals surface area contributed by atoms with Crippen molar-refractivity contribution in [2.24, 2.45) is 0 Å². The van der Waals surface area contributed by atoms with Crippen LogP contribution >= 0.6 is 0 Å². The van der Waals surface area contributed by atoms with Crippen LogP contribution in [0.2, 0.25) is 0 Å². The lowest BCUT2D eigenvalue weighted by Crippen LogP contribution is -2.50. The zero-order valence-electron chi connectivity index (χ0n) is 18.7. The SMILES string of the molecule is CNc1ccc2c(c1)C(OCc1ccccc1)C(OCc1ccc(C)cc1)C(C)(C)O2. The second-order valence-electron chi connectivity index (χ2n) is 8.64. The van der Waals surface area contributed by atoms with Crippen LogP contribution in [0.25, 0.3) is 0 Å². The van der Waals surface area contributed by atoms with Crippen molar-refractivity contribution in [1.29, 1.82) is 0 Å². The number of aryl methyl sites for hydroxylation is 1. The Morgan fingerprint density at radius 3 is 2.26 bits per heavy atom. The fourth-order valence-electron chi connectivity index (χ4n) is 3.98. The fraction of sp³-hybridized carbons (Fsp3) is 0.333. The van der Waals surface area contributed by atoms with Gasteiger partial charge in [0.15, 0.2) is 0 Å². The van der Waals surface area contributed by atoms with Gasteiger partial charge in [0.2, 0.25) is 0 Å². The molecule has 0 saturated carbocycles. The highest BCUT2D eigenvalue weighted by Gasteiger charge is 2.45. The minimum Gasteiger partial charge on any atom is -0.485 e. The first-order chi connectivity index (χ1) is 15.0. The molecule has 2 unspecified atom stereocenters. The first kappa shape index (κ1) is 21.4. The number of ether oxygens (including phenoxy) is 3. The maximum Gasteiger partial charge on any atom is 0.132 e. The van der Waals surface area contributed by atoms with Gasteiger partial charge in [-0.25, -0.2) is 0 Å². The molecule has 1 aliphatic rings. The van der Waals surface area contributed by atoms with E-state index in [1.165, 1.54) is 5.56 Å². The van der Waals surface area contributed by atoms with Crippen molar-refractivity contribution in [3.8, 4) is 5.75 Å². The van der Waals surface area contributed by atoms with E-state index in [0.29, 0.717) is 13.2 Å². The quantitative estimate of drug-likeness (QED) is 0.508. The maximum atomic E-state index is 6.52. The standard InChI is InChI=1S/C27H31NO3/c1-19-10-12-21(13-11-19)18-30-26-25(29-17-20-8-6-5-7-9-20)23-16-22(28-4)14-15-24(23)31-27(26,2)3/h5-16,25-26,28H,17-18H2,1-4H3. The maximum absolute atomic E-state index is 6.52. The fourth-order valence-corrected chi connectivity index (χ4v) is 3.98. The highest BCUT2D eigenvalue weighted by molar-refractivity contribution is 5.53. The Labute approximate surface area is 185 Å². The van der Waals surface area contributed by atoms with Crippen LogP contribution in [0, 0.1) is 6.92 Å². The van der Waals surface area contributed by atoms with Crippen LogP contribution in [0.3, 0.4) is 0 Å². The van der Waals surface area contributed by atoms with Crippen molar-refractivity contribution < 1.29 is 14.2 Å². The smallest absolute Gasteiger partial charge is 0.132 e. The highest BCUT2D eigenvalue weighted by Crippen LogP contribution is 2.44. The molecule has 0 radical (unpaired) electrons. The Morgan fingerprint density at radius 2 is 1.55 bits per heavy atom. The van der Waals surface area contributed by atoms with Gasteiger partial charge in [-0.2, -0.15) is 0 Å². The molecule has 0 saturated heterocycles. The van der Waals surface area contributed by atoms with Crippen LogP contribution in [0.4, 0.5) is 5.69 Å². The minimum absolute atomic E-state index is 0.252. The molecule has 4 rings (SSSR count). The predicted molar refractivity (Wildman–Crippen MR) is 124 cm³/mol. The lowest BCUT2D eigenvalue weighted by atomic mass is 9.87. The molecule has 0 aliphatic carbocycles. The van der Waals surface area contributed by atoms with Gasteiger partial charge in [-0.1, -0.05) is 60.2 Å². The Balaban J connectivity index is 1.63. The van der Waals surface area contributed by atoms with E-state index in [-0.39, 0.29) is 12.2 Å². The van der Waals surface area contributed by atoms with Gasteiger partial charge < -0.3 is 19.5 Å². The molecule has 0 bridgehead atoms. The third-order valence-electron chi connectivity index (χ3n) is 5.76. The van der Waals surface area contributed by atoms with Crippen molar-refractivity contribution >= 4 is 5.69 Å². The van der Waals surface area contributed by atoms with Gasteiger partial charge in [0.25, 0.3) is 0 Å². The third-order valence-corrected chi connectivity index (χ3v) is 5.76. The lowest BCUT2D eigenvalue weighted by Gasteiger charge is -2.44. The van der Waals surface area contributed by atoms with Crippen LogP contribution in [0.5, 0.6) is 5.75 Å². The number of rotatable bonds is 7. The van der Waals surface area contributed by atoms with Crippen LogP contribution in [-0.2, 0) is 22.7 Å². The Kier molecular flexibility index (Phi) is 6.30. The largest absolute Gasteiger partial charge is 0.485 e. The molecule has 2 atom stereocenters. The summed E-state index contributed by atoms with van der Waals surface area (Å²) in [5.41, 5.74) is 5.00. The molecule has 1 heterocycles. The third kappa shape index (κ3) is 4.92. The van der Waals surface area contributed by atoms with Crippen molar-refractivity contribution in [1.82, 2.24) is 0 Å². The van der Waals surface area contributed by atoms with Gasteiger partial charge in [0, 0.05) is 18.3 Å². The molecule has 0 fully saturated rings. The van der Waals surface area contributed by atoms with Crippen LogP contribution in [0.15, 0.2) is 72.8 Å². The van der Waals surface area contributed by atoms with Crippen molar-refractivity contribution in [2.45, 2.75) is 51.8 Å². The number of hydrogen-bond acceptors (Lipinski definition) is 4. The zero-order chi connectivity index (χ0) is 21.8. The Hall–Kier alpha value is -2.82. The van der Waals surface area contributed by atoms with Gasteiger partial charge in [0.1, 0.15) is 23.6 Å². The number of nitrogens with one attached hydrogen (secondary N) is 1. The van der Waals surface area contributed by atoms with Crippen LogP contribution < -0.4 is 10.1 Å². The molecule has 4 nitrogen and oxygen atoms in total. The van der Waals surface area contributed by atoms with E-state index >= 15 is 0 Å². The summed E-state index contributed by atoms with van der Waals surface area (Å²) in [6, 6.07) is 24.8. The van der Waals surface area contributed by atoms with Crippen molar-refractivity contribution in [2.75, 3.05) is 12.4 Å². The summed E-state index contributed by atoms with van der Waals surface area (Å²) in [5, 5.41) is 3.22. The predicted octanol–water partition coefficient (Wildman–Crippen LogP) is 6.05. The van der Waals surface area contributed by atoms with E-state index in [1.807, 2.05) is 37.4 Å². The Bertz CT molecular complexity index is 999. The molecule has 3 aromatic rings. The van der Waals surface area contributed by atoms with Gasteiger partial charge in [0.05, 0.1) is 13.2 Å². The van der Waals surface area contributed by atoms with E-state index in [9.17, 15) is 0 Å². The van der Waals surface area contributed by atoms with Gasteiger partial charge in [-0.3, -0.25) is 0 Å². The molecular weight excluding hydrogens is 386 g/mol. The molecule has 1 N–H and O–H groups in total. The number of anilines is 1. The lowest BCUT2D eigenvalue weighted by molar-refractivity contribution is -0.170. The molecule has 4 heteroatoms. The molecular formula is C27H31NO3. The van der Waals surface area contributed by atoms with Crippen molar-refractivity contribution in [3.05, 3.63) is 95.1 Å². The summed E-state index contributed by atoms with van der Waals surface area (Å²) in [5.74, 6) is 0.845. The number of hydrogen-bond donors (Lipinski definition) is 1. The zero-order valence-corrected chi connectivity index (χ0v) is 18.7. The van der Waals surface area contributed by atoms with E-state index in [2.05, 4.69) is 68.6 Å². The topological polar surface area (TPSA) is 39.7 Å². The van der Waals surface area contributed by atoms with Gasteiger partial charge >= 0.3 is 0 Å². The molecule has 31 heavy (non-hydrogen) atoms. The van der Waals surface area contributed by atoms with E-state index in [4.69, 9.17) is 14.2 Å². The average molecular weight is 418 g/mol. The summed E-state index contributed by atoms with van der Waals surface area (Å²) in [6.45, 7) is 7.24. The van der Waals surface area contributed by atoms with Crippen LogP contribution in [0.1, 0.15) is 42.2 Å². The van der Waals surface area contributed by atoms with E-state index < -0.39 is 5.60 Å². The first-order valence-corrected chi connectivity index (χ1v) is 10.8. The summed E-state index contributed by atoms with van der Waals surface area (Å²) >= 11 is 0. The first-order valence-electron chi connectivity index (χ1n) is 10.8. The molecule has 162 valence electrons. The minimum atomic E-state index is -0.541. The molecule has 0 amide bonds. The molecule has 1 aliphatic heterocycles. The summed E-state index contributed by atoms with van der Waals surface area (Å²) in [7, 11) is 1.92. The molecule has 0 aromatic heterocycles. The Morgan fingerprint density at radius 1 is 0.871 bits per heavy atom. The van der Waals surface area contributed by atoms with E-state index in [0.717, 1.165) is 28.1 Å².